The van der Waals surface area contributed by atoms with Crippen LogP contribution in [0.3, 0.4) is 0 Å². The lowest BCUT2D eigenvalue weighted by Crippen LogP contribution is -2.39. The van der Waals surface area contributed by atoms with Crippen molar-refractivity contribution in [2.45, 2.75) is 6.42 Å². The van der Waals surface area contributed by atoms with Crippen LogP contribution >= 0.6 is 0 Å². The average Bonchev–Trinajstić information content (AvgIpc) is 3.24. The topological polar surface area (TPSA) is 68.5 Å². The summed E-state index contributed by atoms with van der Waals surface area (Å²) in [6.45, 7) is 7.09. The Hall–Kier alpha value is -2.94. The summed E-state index contributed by atoms with van der Waals surface area (Å²) in [7, 11) is 0. The maximum Gasteiger partial charge on any atom is 0.257 e. The van der Waals surface area contributed by atoms with Crippen molar-refractivity contribution in [3.05, 3.63) is 66.2 Å². The summed E-state index contributed by atoms with van der Waals surface area (Å²) in [6.07, 6.45) is 6.56. The van der Waals surface area contributed by atoms with Gasteiger partial charge < -0.3 is 23.5 Å². The number of hydrogen-bond acceptors (Lipinski definition) is 6. The quantitative estimate of drug-likeness (QED) is 0.535. The van der Waals surface area contributed by atoms with Crippen LogP contribution in [0.25, 0.3) is 5.52 Å². The van der Waals surface area contributed by atoms with E-state index in [0.29, 0.717) is 44.2 Å². The number of fused-ring (bicyclic) bond motifs is 1. The van der Waals surface area contributed by atoms with E-state index in [2.05, 4.69) is 20.4 Å². The summed E-state index contributed by atoms with van der Waals surface area (Å²) in [4.78, 5) is 22.4. The highest BCUT2D eigenvalue weighted by molar-refractivity contribution is 5.97. The summed E-state index contributed by atoms with van der Waals surface area (Å²) in [6, 6.07) is 11.7. The van der Waals surface area contributed by atoms with Gasteiger partial charge in [-0.3, -0.25) is 14.7 Å². The van der Waals surface area contributed by atoms with Gasteiger partial charge >= 0.3 is 0 Å². The van der Waals surface area contributed by atoms with E-state index in [1.165, 1.54) is 0 Å². The zero-order valence-corrected chi connectivity index (χ0v) is 19.5. The molecule has 5 rings (SSSR count). The van der Waals surface area contributed by atoms with Gasteiger partial charge in [-0.15, -0.1) is 0 Å². The number of ether oxygens (including phenoxy) is 3. The molecule has 2 saturated heterocycles. The average molecular weight is 465 g/mol. The fourth-order valence-electron chi connectivity index (χ4n) is 4.70. The van der Waals surface area contributed by atoms with Crippen molar-refractivity contribution < 1.29 is 19.0 Å². The second kappa shape index (κ2) is 11.0. The molecule has 8 nitrogen and oxygen atoms in total. The Labute approximate surface area is 200 Å². The number of benzene rings is 1. The molecule has 34 heavy (non-hydrogen) atoms. The highest BCUT2D eigenvalue weighted by Gasteiger charge is 2.26. The van der Waals surface area contributed by atoms with E-state index in [-0.39, 0.29) is 11.8 Å². The van der Waals surface area contributed by atoms with Crippen LogP contribution in [0.4, 0.5) is 0 Å². The van der Waals surface area contributed by atoms with Gasteiger partial charge in [0.2, 0.25) is 0 Å². The molecule has 2 fully saturated rings. The van der Waals surface area contributed by atoms with Gasteiger partial charge in [-0.1, -0.05) is 12.1 Å². The van der Waals surface area contributed by atoms with Crippen LogP contribution in [-0.4, -0.2) is 90.8 Å². The number of morpholine rings is 1. The summed E-state index contributed by atoms with van der Waals surface area (Å²) in [5.41, 5.74) is 2.74. The first-order valence-electron chi connectivity index (χ1n) is 12.1. The third-order valence-electron chi connectivity index (χ3n) is 6.53. The highest BCUT2D eigenvalue weighted by atomic mass is 16.5. The van der Waals surface area contributed by atoms with E-state index in [1.807, 2.05) is 53.8 Å². The minimum Gasteiger partial charge on any atom is -0.491 e. The molecule has 1 atom stereocenters. The number of aromatic nitrogens is 2. The molecule has 1 aromatic carbocycles. The van der Waals surface area contributed by atoms with Gasteiger partial charge in [0.25, 0.3) is 5.91 Å². The Morgan fingerprint density at radius 2 is 1.88 bits per heavy atom. The standard InChI is InChI=1S/C26H32N4O4/c31-26(22-4-1-2-6-25(22)34-17-12-28-10-14-32-15-11-28)30-13-16-33-20-21(19-30)18-23-24-5-3-8-29(24)9-7-27-23/h1-9,21H,10-20H2/t21-/m1/s1. The van der Waals surface area contributed by atoms with Gasteiger partial charge in [0.15, 0.2) is 0 Å². The first-order valence-corrected chi connectivity index (χ1v) is 12.1. The van der Waals surface area contributed by atoms with Crippen LogP contribution in [0.5, 0.6) is 5.75 Å². The fourth-order valence-corrected chi connectivity index (χ4v) is 4.70. The molecule has 3 aromatic rings. The number of para-hydroxylation sites is 1. The van der Waals surface area contributed by atoms with Crippen molar-refractivity contribution >= 4 is 11.4 Å². The molecule has 2 aromatic heterocycles. The molecule has 0 bridgehead atoms. The smallest absolute Gasteiger partial charge is 0.257 e. The Morgan fingerprint density at radius 1 is 1.03 bits per heavy atom. The molecular formula is C26H32N4O4. The Morgan fingerprint density at radius 3 is 2.79 bits per heavy atom. The molecule has 4 heterocycles. The van der Waals surface area contributed by atoms with E-state index in [9.17, 15) is 4.79 Å². The van der Waals surface area contributed by atoms with Crippen LogP contribution in [0.1, 0.15) is 16.1 Å². The number of nitrogens with zero attached hydrogens (tertiary/aromatic N) is 4. The van der Waals surface area contributed by atoms with Crippen LogP contribution in [-0.2, 0) is 15.9 Å². The summed E-state index contributed by atoms with van der Waals surface area (Å²) in [5.74, 6) is 0.808. The number of carbonyl (C=O) groups is 1. The van der Waals surface area contributed by atoms with E-state index in [0.717, 1.165) is 50.5 Å². The van der Waals surface area contributed by atoms with Crippen LogP contribution in [0.15, 0.2) is 55.0 Å². The van der Waals surface area contributed by atoms with Gasteiger partial charge in [-0.25, -0.2) is 0 Å². The summed E-state index contributed by atoms with van der Waals surface area (Å²) >= 11 is 0. The van der Waals surface area contributed by atoms with Gasteiger partial charge in [-0.2, -0.15) is 0 Å². The Balaban J connectivity index is 1.24. The van der Waals surface area contributed by atoms with Crippen LogP contribution in [0, 0.1) is 5.92 Å². The van der Waals surface area contributed by atoms with Crippen molar-refractivity contribution in [1.82, 2.24) is 19.2 Å². The lowest BCUT2D eigenvalue weighted by Gasteiger charge is -2.27. The van der Waals surface area contributed by atoms with Crippen molar-refractivity contribution in [2.24, 2.45) is 5.92 Å². The van der Waals surface area contributed by atoms with E-state index >= 15 is 0 Å². The van der Waals surface area contributed by atoms with E-state index in [1.54, 1.807) is 0 Å². The van der Waals surface area contributed by atoms with Crippen molar-refractivity contribution in [3.63, 3.8) is 0 Å². The Kier molecular flexibility index (Phi) is 7.38. The van der Waals surface area contributed by atoms with Gasteiger partial charge in [0, 0.05) is 57.2 Å². The molecule has 180 valence electrons. The zero-order valence-electron chi connectivity index (χ0n) is 19.5. The molecule has 0 radical (unpaired) electrons. The van der Waals surface area contributed by atoms with Crippen molar-refractivity contribution in [3.8, 4) is 5.75 Å². The largest absolute Gasteiger partial charge is 0.491 e. The van der Waals surface area contributed by atoms with E-state index < -0.39 is 0 Å². The fraction of sp³-hybridized carbons (Fsp3) is 0.462. The summed E-state index contributed by atoms with van der Waals surface area (Å²) < 4.78 is 19.4. The molecule has 1 amide bonds. The summed E-state index contributed by atoms with van der Waals surface area (Å²) in [5, 5.41) is 0. The third kappa shape index (κ3) is 5.41. The van der Waals surface area contributed by atoms with Crippen LogP contribution < -0.4 is 4.74 Å². The maximum atomic E-state index is 13.6. The van der Waals surface area contributed by atoms with Gasteiger partial charge in [0.1, 0.15) is 12.4 Å². The van der Waals surface area contributed by atoms with Crippen LogP contribution in [0.2, 0.25) is 0 Å². The van der Waals surface area contributed by atoms with E-state index in [4.69, 9.17) is 14.2 Å². The normalized spacial score (nSPS) is 19.8. The molecule has 0 unspecified atom stereocenters. The van der Waals surface area contributed by atoms with Crippen molar-refractivity contribution in [2.75, 3.05) is 65.8 Å². The number of hydrogen-bond donors (Lipinski definition) is 0. The molecular weight excluding hydrogens is 432 g/mol. The first-order chi connectivity index (χ1) is 16.8. The number of rotatable bonds is 7. The maximum absolute atomic E-state index is 13.6. The third-order valence-corrected chi connectivity index (χ3v) is 6.53. The lowest BCUT2D eigenvalue weighted by molar-refractivity contribution is 0.0321. The minimum atomic E-state index is -0.00803. The predicted octanol–water partition coefficient (Wildman–Crippen LogP) is 2.38. The lowest BCUT2D eigenvalue weighted by atomic mass is 10.0. The first kappa shape index (κ1) is 22.8. The second-order valence-electron chi connectivity index (χ2n) is 8.87. The van der Waals surface area contributed by atoms with Gasteiger partial charge in [-0.05, 0) is 30.7 Å². The van der Waals surface area contributed by atoms with Crippen molar-refractivity contribution in [1.29, 1.82) is 0 Å². The minimum absolute atomic E-state index is 0.00803. The second-order valence-corrected chi connectivity index (χ2v) is 8.87. The highest BCUT2D eigenvalue weighted by Crippen LogP contribution is 2.23. The monoisotopic (exact) mass is 464 g/mol. The molecule has 0 saturated carbocycles. The SMILES string of the molecule is O=C(c1ccccc1OCCN1CCOCC1)N1CCOC[C@H](Cc2nccn3cccc23)C1. The molecule has 0 spiro atoms. The molecule has 2 aliphatic rings. The number of amides is 1. The molecule has 8 heteroatoms. The predicted molar refractivity (Wildman–Crippen MR) is 128 cm³/mol. The molecule has 0 aliphatic carbocycles. The zero-order chi connectivity index (χ0) is 23.2. The van der Waals surface area contributed by atoms with Gasteiger partial charge in [0.05, 0.1) is 43.2 Å². The molecule has 0 N–H and O–H groups in total. The molecule has 2 aliphatic heterocycles. The Bertz CT molecular complexity index is 1100. The number of carbonyl (C=O) groups excluding carboxylic acids is 1.